The zero-order chi connectivity index (χ0) is 17.1. The molecule has 0 amide bonds. The minimum absolute atomic E-state index is 0.0204. The second-order valence-electron chi connectivity index (χ2n) is 7.74. The molecule has 0 bridgehead atoms. The molecule has 0 aromatic carbocycles. The maximum Gasteiger partial charge on any atom is 0.330 e. The summed E-state index contributed by atoms with van der Waals surface area (Å²) in [5.74, 6) is -0.0337. The highest BCUT2D eigenvalue weighted by atomic mass is 28.4. The first kappa shape index (κ1) is 19.2. The molecule has 0 radical (unpaired) electrons. The standard InChI is InChI=1S/C18H32O3Si/c1-9-20-17(19)12-15-14(13(2)3)10-11-16(15)21-22(7,8)18(4,5)6/h12,14,16H,2,9-11H2,1,3-8H3/b15-12-/t14-,16-/m1/s1. The molecule has 22 heavy (non-hydrogen) atoms. The van der Waals surface area contributed by atoms with Gasteiger partial charge in [0.25, 0.3) is 0 Å². The van der Waals surface area contributed by atoms with Crippen LogP contribution in [0.25, 0.3) is 0 Å². The van der Waals surface area contributed by atoms with Crippen molar-refractivity contribution in [3.8, 4) is 0 Å². The normalized spacial score (nSPS) is 24.6. The molecule has 4 heteroatoms. The Morgan fingerprint density at radius 1 is 1.36 bits per heavy atom. The highest BCUT2D eigenvalue weighted by Crippen LogP contribution is 2.43. The van der Waals surface area contributed by atoms with E-state index in [2.05, 4.69) is 40.4 Å². The lowest BCUT2D eigenvalue weighted by molar-refractivity contribution is -0.137. The van der Waals surface area contributed by atoms with E-state index in [4.69, 9.17) is 9.16 Å². The summed E-state index contributed by atoms with van der Waals surface area (Å²) in [7, 11) is -1.87. The number of rotatable bonds is 5. The van der Waals surface area contributed by atoms with Crippen molar-refractivity contribution in [3.63, 3.8) is 0 Å². The van der Waals surface area contributed by atoms with Gasteiger partial charge in [0.1, 0.15) is 0 Å². The van der Waals surface area contributed by atoms with E-state index in [9.17, 15) is 4.79 Å². The second-order valence-corrected chi connectivity index (χ2v) is 12.5. The first-order valence-corrected chi connectivity index (χ1v) is 11.1. The van der Waals surface area contributed by atoms with Crippen LogP contribution in [-0.4, -0.2) is 27.0 Å². The highest BCUT2D eigenvalue weighted by molar-refractivity contribution is 6.74. The average Bonchev–Trinajstić information content (AvgIpc) is 2.70. The summed E-state index contributed by atoms with van der Waals surface area (Å²) in [6.45, 7) is 19.5. The Hall–Kier alpha value is -0.873. The zero-order valence-corrected chi connectivity index (χ0v) is 16.3. The summed E-state index contributed by atoms with van der Waals surface area (Å²) in [6, 6.07) is 0. The van der Waals surface area contributed by atoms with E-state index >= 15 is 0 Å². The summed E-state index contributed by atoms with van der Waals surface area (Å²) >= 11 is 0. The predicted molar refractivity (Wildman–Crippen MR) is 94.3 cm³/mol. The van der Waals surface area contributed by atoms with Crippen molar-refractivity contribution in [1.82, 2.24) is 0 Å². The van der Waals surface area contributed by atoms with E-state index in [0.29, 0.717) is 6.61 Å². The Balaban J connectivity index is 3.03. The Labute approximate surface area is 136 Å². The Morgan fingerprint density at radius 3 is 2.41 bits per heavy atom. The maximum atomic E-state index is 11.9. The van der Waals surface area contributed by atoms with Crippen molar-refractivity contribution in [1.29, 1.82) is 0 Å². The molecule has 1 rings (SSSR count). The molecule has 0 aromatic rings. The van der Waals surface area contributed by atoms with Crippen molar-refractivity contribution < 1.29 is 14.0 Å². The molecule has 126 valence electrons. The number of ether oxygens (including phenoxy) is 1. The maximum absolute atomic E-state index is 11.9. The Kier molecular flexibility index (Phi) is 6.22. The van der Waals surface area contributed by atoms with E-state index in [1.807, 2.05) is 13.8 Å². The monoisotopic (exact) mass is 324 g/mol. The predicted octanol–water partition coefficient (Wildman–Crippen LogP) is 4.85. The largest absolute Gasteiger partial charge is 0.463 e. The second kappa shape index (κ2) is 7.13. The van der Waals surface area contributed by atoms with Gasteiger partial charge in [0, 0.05) is 12.0 Å². The van der Waals surface area contributed by atoms with Gasteiger partial charge in [-0.3, -0.25) is 0 Å². The van der Waals surface area contributed by atoms with E-state index in [-0.39, 0.29) is 23.0 Å². The lowest BCUT2D eigenvalue weighted by Gasteiger charge is -2.39. The van der Waals surface area contributed by atoms with Gasteiger partial charge >= 0.3 is 5.97 Å². The lowest BCUT2D eigenvalue weighted by Crippen LogP contribution is -2.43. The third kappa shape index (κ3) is 4.56. The van der Waals surface area contributed by atoms with Gasteiger partial charge in [-0.25, -0.2) is 4.79 Å². The third-order valence-electron chi connectivity index (χ3n) is 4.90. The fraction of sp³-hybridized carbons (Fsp3) is 0.722. The van der Waals surface area contributed by atoms with Crippen LogP contribution in [0.3, 0.4) is 0 Å². The molecule has 0 aliphatic heterocycles. The van der Waals surface area contributed by atoms with Gasteiger partial charge in [-0.1, -0.05) is 32.9 Å². The number of carbonyl (C=O) groups excluding carboxylic acids is 1. The van der Waals surface area contributed by atoms with Crippen LogP contribution >= 0.6 is 0 Å². The molecule has 1 fully saturated rings. The van der Waals surface area contributed by atoms with Crippen LogP contribution in [0.5, 0.6) is 0 Å². The fourth-order valence-electron chi connectivity index (χ4n) is 2.58. The van der Waals surface area contributed by atoms with Crippen molar-refractivity contribution >= 4 is 14.3 Å². The fourth-order valence-corrected chi connectivity index (χ4v) is 3.90. The smallest absolute Gasteiger partial charge is 0.330 e. The molecule has 3 nitrogen and oxygen atoms in total. The summed E-state index contributed by atoms with van der Waals surface area (Å²) < 4.78 is 11.6. The molecule has 0 heterocycles. The molecule has 1 aliphatic rings. The van der Waals surface area contributed by atoms with Crippen LogP contribution in [0.2, 0.25) is 18.1 Å². The van der Waals surface area contributed by atoms with Crippen LogP contribution < -0.4 is 0 Å². The molecule has 0 spiro atoms. The topological polar surface area (TPSA) is 35.5 Å². The molecule has 0 saturated heterocycles. The van der Waals surface area contributed by atoms with Gasteiger partial charge < -0.3 is 9.16 Å². The van der Waals surface area contributed by atoms with Gasteiger partial charge in [0.2, 0.25) is 0 Å². The lowest BCUT2D eigenvalue weighted by atomic mass is 9.95. The Morgan fingerprint density at radius 2 is 1.95 bits per heavy atom. The average molecular weight is 325 g/mol. The van der Waals surface area contributed by atoms with Crippen LogP contribution in [0.1, 0.15) is 47.5 Å². The molecule has 0 aromatic heterocycles. The summed E-state index contributed by atoms with van der Waals surface area (Å²) in [5.41, 5.74) is 2.15. The van der Waals surface area contributed by atoms with Crippen molar-refractivity contribution in [2.24, 2.45) is 5.92 Å². The molecule has 0 N–H and O–H groups in total. The number of carbonyl (C=O) groups is 1. The van der Waals surface area contributed by atoms with E-state index < -0.39 is 8.32 Å². The molecule has 1 aliphatic carbocycles. The van der Waals surface area contributed by atoms with Crippen molar-refractivity contribution in [2.75, 3.05) is 6.61 Å². The van der Waals surface area contributed by atoms with Crippen LogP contribution in [0, 0.1) is 5.92 Å². The van der Waals surface area contributed by atoms with Crippen LogP contribution in [0.4, 0.5) is 0 Å². The highest BCUT2D eigenvalue weighted by Gasteiger charge is 2.42. The van der Waals surface area contributed by atoms with E-state index in [1.54, 1.807) is 6.08 Å². The van der Waals surface area contributed by atoms with Crippen LogP contribution in [0.15, 0.2) is 23.8 Å². The molecule has 0 unspecified atom stereocenters. The van der Waals surface area contributed by atoms with Gasteiger partial charge in [0.15, 0.2) is 8.32 Å². The van der Waals surface area contributed by atoms with Crippen molar-refractivity contribution in [3.05, 3.63) is 23.8 Å². The summed E-state index contributed by atoms with van der Waals surface area (Å²) in [5, 5.41) is 0.156. The first-order chi connectivity index (χ1) is 9.99. The third-order valence-corrected chi connectivity index (χ3v) is 9.39. The van der Waals surface area contributed by atoms with E-state index in [0.717, 1.165) is 24.0 Å². The number of hydrogen-bond donors (Lipinski definition) is 0. The Bertz CT molecular complexity index is 457. The minimum atomic E-state index is -1.87. The van der Waals surface area contributed by atoms with E-state index in [1.165, 1.54) is 0 Å². The quantitative estimate of drug-likeness (QED) is 0.314. The first-order valence-electron chi connectivity index (χ1n) is 8.21. The summed E-state index contributed by atoms with van der Waals surface area (Å²) in [6.07, 6.45) is 3.62. The molecule has 1 saturated carbocycles. The van der Waals surface area contributed by atoms with Crippen molar-refractivity contribution in [2.45, 2.75) is 71.7 Å². The van der Waals surface area contributed by atoms with Gasteiger partial charge in [-0.15, -0.1) is 0 Å². The van der Waals surface area contributed by atoms with Gasteiger partial charge in [0.05, 0.1) is 12.7 Å². The van der Waals surface area contributed by atoms with Crippen LogP contribution in [-0.2, 0) is 14.0 Å². The molecule has 2 atom stereocenters. The zero-order valence-electron chi connectivity index (χ0n) is 15.3. The number of hydrogen-bond acceptors (Lipinski definition) is 3. The molecular weight excluding hydrogens is 292 g/mol. The van der Waals surface area contributed by atoms with Gasteiger partial charge in [-0.05, 0) is 50.4 Å². The minimum Gasteiger partial charge on any atom is -0.463 e. The summed E-state index contributed by atoms with van der Waals surface area (Å²) in [4.78, 5) is 11.9. The molecular formula is C18H32O3Si. The number of esters is 1. The SMILES string of the molecule is C=C(C)[C@H]1CC[C@@H](O[Si](C)(C)C(C)(C)C)/C1=C\C(=O)OCC. The number of allylic oxidation sites excluding steroid dienone is 1. The van der Waals surface area contributed by atoms with Gasteiger partial charge in [-0.2, -0.15) is 0 Å².